The summed E-state index contributed by atoms with van der Waals surface area (Å²) >= 11 is 1.72. The van der Waals surface area contributed by atoms with Crippen molar-refractivity contribution in [3.63, 3.8) is 0 Å². The smallest absolute Gasteiger partial charge is 0.127 e. The Morgan fingerprint density at radius 3 is 2.94 bits per heavy atom. The molecule has 0 saturated heterocycles. The maximum atomic E-state index is 5.36. The lowest BCUT2D eigenvalue weighted by Gasteiger charge is -2.04. The van der Waals surface area contributed by atoms with Gasteiger partial charge in [-0.3, -0.25) is 0 Å². The molecule has 1 aromatic heterocycles. The second-order valence-corrected chi connectivity index (χ2v) is 4.79. The second kappa shape index (κ2) is 5.80. The lowest BCUT2D eigenvalue weighted by molar-refractivity contribution is 0.416. The third kappa shape index (κ3) is 2.84. The zero-order valence-corrected chi connectivity index (χ0v) is 10.9. The quantitative estimate of drug-likeness (QED) is 0.883. The molecule has 0 aliphatic rings. The van der Waals surface area contributed by atoms with Gasteiger partial charge in [-0.25, -0.2) is 4.98 Å². The summed E-state index contributed by atoms with van der Waals surface area (Å²) in [5.41, 5.74) is 1.11. The van der Waals surface area contributed by atoms with Gasteiger partial charge in [-0.2, -0.15) is 0 Å². The maximum absolute atomic E-state index is 5.36. The molecule has 1 N–H and O–H groups in total. The number of rotatable bonds is 5. The normalized spacial score (nSPS) is 10.5. The molecule has 3 nitrogen and oxygen atoms in total. The highest BCUT2D eigenvalue weighted by atomic mass is 32.1. The standard InChI is InChI=1S/C13H16N2OS/c1-14-8-7-13-15-9-12(17-13)10-5-3-4-6-11(10)16-2/h3-6,9,14H,7-8H2,1-2H3. The van der Waals surface area contributed by atoms with Gasteiger partial charge in [0.15, 0.2) is 0 Å². The van der Waals surface area contributed by atoms with Crippen molar-refractivity contribution in [2.24, 2.45) is 0 Å². The van der Waals surface area contributed by atoms with Gasteiger partial charge < -0.3 is 10.1 Å². The summed E-state index contributed by atoms with van der Waals surface area (Å²) in [7, 11) is 3.65. The molecule has 0 unspecified atom stereocenters. The molecule has 1 heterocycles. The number of thiazole rings is 1. The fourth-order valence-corrected chi connectivity index (χ4v) is 2.58. The van der Waals surface area contributed by atoms with Gasteiger partial charge in [0.1, 0.15) is 5.75 Å². The lowest BCUT2D eigenvalue weighted by atomic mass is 10.2. The third-order valence-corrected chi connectivity index (χ3v) is 3.61. The number of likely N-dealkylation sites (N-methyl/N-ethyl adjacent to an activating group) is 1. The van der Waals surface area contributed by atoms with E-state index in [1.54, 1.807) is 18.4 Å². The molecule has 2 aromatic rings. The van der Waals surface area contributed by atoms with Crippen LogP contribution in [0.3, 0.4) is 0 Å². The van der Waals surface area contributed by atoms with Crippen molar-refractivity contribution in [1.29, 1.82) is 0 Å². The Hall–Kier alpha value is -1.39. The van der Waals surface area contributed by atoms with Crippen LogP contribution in [0.15, 0.2) is 30.5 Å². The molecule has 0 atom stereocenters. The summed E-state index contributed by atoms with van der Waals surface area (Å²) in [4.78, 5) is 5.59. The van der Waals surface area contributed by atoms with Crippen LogP contribution in [0.2, 0.25) is 0 Å². The van der Waals surface area contributed by atoms with Crippen molar-refractivity contribution in [3.05, 3.63) is 35.5 Å². The van der Waals surface area contributed by atoms with E-state index in [4.69, 9.17) is 4.74 Å². The van der Waals surface area contributed by atoms with Crippen LogP contribution in [0.1, 0.15) is 5.01 Å². The summed E-state index contributed by atoms with van der Waals surface area (Å²) in [6.07, 6.45) is 2.89. The number of benzene rings is 1. The first kappa shape index (κ1) is 12.1. The van der Waals surface area contributed by atoms with Crippen LogP contribution in [0.25, 0.3) is 10.4 Å². The summed E-state index contributed by atoms with van der Waals surface area (Å²) in [6.45, 7) is 0.957. The summed E-state index contributed by atoms with van der Waals surface area (Å²) in [6, 6.07) is 8.03. The minimum Gasteiger partial charge on any atom is -0.496 e. The fraction of sp³-hybridized carbons (Fsp3) is 0.308. The van der Waals surface area contributed by atoms with Gasteiger partial charge >= 0.3 is 0 Å². The molecule has 2 rings (SSSR count). The van der Waals surface area contributed by atoms with Crippen LogP contribution in [0.5, 0.6) is 5.75 Å². The van der Waals surface area contributed by atoms with E-state index in [1.165, 1.54) is 0 Å². The van der Waals surface area contributed by atoms with Crippen LogP contribution in [0, 0.1) is 0 Å². The van der Waals surface area contributed by atoms with Gasteiger partial charge in [0.2, 0.25) is 0 Å². The molecule has 0 spiro atoms. The molecule has 0 aliphatic carbocycles. The zero-order valence-electron chi connectivity index (χ0n) is 10.1. The summed E-state index contributed by atoms with van der Waals surface area (Å²) < 4.78 is 5.36. The molecule has 0 fully saturated rings. The van der Waals surface area contributed by atoms with Crippen molar-refractivity contribution in [2.75, 3.05) is 20.7 Å². The SMILES string of the molecule is CNCCc1ncc(-c2ccccc2OC)s1. The first-order valence-corrected chi connectivity index (χ1v) is 6.39. The Morgan fingerprint density at radius 2 is 2.18 bits per heavy atom. The predicted molar refractivity (Wildman–Crippen MR) is 71.7 cm³/mol. The van der Waals surface area contributed by atoms with Crippen molar-refractivity contribution >= 4 is 11.3 Å². The summed E-state index contributed by atoms with van der Waals surface area (Å²) in [5, 5.41) is 4.28. The molecule has 0 saturated carbocycles. The van der Waals surface area contributed by atoms with Gasteiger partial charge in [0.05, 0.1) is 17.0 Å². The van der Waals surface area contributed by atoms with E-state index in [-0.39, 0.29) is 0 Å². The Bertz CT molecular complexity index is 482. The van der Waals surface area contributed by atoms with Crippen LogP contribution in [-0.4, -0.2) is 25.7 Å². The highest BCUT2D eigenvalue weighted by Gasteiger charge is 2.08. The first-order chi connectivity index (χ1) is 8.35. The summed E-state index contributed by atoms with van der Waals surface area (Å²) in [5.74, 6) is 0.899. The van der Waals surface area contributed by atoms with Crippen molar-refractivity contribution in [2.45, 2.75) is 6.42 Å². The largest absolute Gasteiger partial charge is 0.496 e. The molecule has 0 amide bonds. The highest BCUT2D eigenvalue weighted by molar-refractivity contribution is 7.15. The van der Waals surface area contributed by atoms with Crippen molar-refractivity contribution < 1.29 is 4.74 Å². The fourth-order valence-electron chi connectivity index (χ4n) is 1.63. The second-order valence-electron chi connectivity index (χ2n) is 3.67. The molecule has 0 radical (unpaired) electrons. The average Bonchev–Trinajstić information content (AvgIpc) is 2.85. The van der Waals surface area contributed by atoms with E-state index in [1.807, 2.05) is 31.4 Å². The molecule has 17 heavy (non-hydrogen) atoms. The van der Waals surface area contributed by atoms with E-state index in [9.17, 15) is 0 Å². The molecule has 4 heteroatoms. The number of hydrogen-bond acceptors (Lipinski definition) is 4. The lowest BCUT2D eigenvalue weighted by Crippen LogP contribution is -2.09. The molecule has 1 aromatic carbocycles. The van der Waals surface area contributed by atoms with Gasteiger partial charge in [0.25, 0.3) is 0 Å². The van der Waals surface area contributed by atoms with Crippen LogP contribution >= 0.6 is 11.3 Å². The van der Waals surface area contributed by atoms with Crippen molar-refractivity contribution in [3.8, 4) is 16.2 Å². The van der Waals surface area contributed by atoms with Crippen LogP contribution in [0.4, 0.5) is 0 Å². The number of nitrogens with one attached hydrogen (secondary N) is 1. The molecular formula is C13H16N2OS. The minimum atomic E-state index is 0.899. The molecule has 0 bridgehead atoms. The van der Waals surface area contributed by atoms with E-state index in [2.05, 4.69) is 16.4 Å². The number of nitrogens with zero attached hydrogens (tertiary/aromatic N) is 1. The van der Waals surface area contributed by atoms with Gasteiger partial charge in [-0.1, -0.05) is 12.1 Å². The van der Waals surface area contributed by atoms with E-state index >= 15 is 0 Å². The molecular weight excluding hydrogens is 232 g/mol. The third-order valence-electron chi connectivity index (χ3n) is 2.51. The number of aromatic nitrogens is 1. The number of methoxy groups -OCH3 is 1. The predicted octanol–water partition coefficient (Wildman–Crippen LogP) is 2.58. The number of para-hydroxylation sites is 1. The maximum Gasteiger partial charge on any atom is 0.127 e. The van der Waals surface area contributed by atoms with Gasteiger partial charge in [-0.05, 0) is 19.2 Å². The Morgan fingerprint density at radius 1 is 1.35 bits per heavy atom. The van der Waals surface area contributed by atoms with Gasteiger partial charge in [-0.15, -0.1) is 11.3 Å². The minimum absolute atomic E-state index is 0.899. The van der Waals surface area contributed by atoms with Gasteiger partial charge in [0, 0.05) is 24.7 Å². The van der Waals surface area contributed by atoms with E-state index < -0.39 is 0 Å². The Kier molecular flexibility index (Phi) is 4.12. The van der Waals surface area contributed by atoms with Crippen molar-refractivity contribution in [1.82, 2.24) is 10.3 Å². The van der Waals surface area contributed by atoms with E-state index in [0.29, 0.717) is 0 Å². The van der Waals surface area contributed by atoms with Crippen LogP contribution < -0.4 is 10.1 Å². The molecule has 0 aliphatic heterocycles. The molecule has 90 valence electrons. The zero-order chi connectivity index (χ0) is 12.1. The number of ether oxygens (including phenoxy) is 1. The monoisotopic (exact) mass is 248 g/mol. The van der Waals surface area contributed by atoms with E-state index in [0.717, 1.165) is 34.2 Å². The average molecular weight is 248 g/mol. The highest BCUT2D eigenvalue weighted by Crippen LogP contribution is 2.33. The topological polar surface area (TPSA) is 34.2 Å². The Balaban J connectivity index is 2.24. The first-order valence-electron chi connectivity index (χ1n) is 5.58. The number of hydrogen-bond donors (Lipinski definition) is 1. The Labute approximate surface area is 105 Å². The van der Waals surface area contributed by atoms with Crippen LogP contribution in [-0.2, 0) is 6.42 Å².